The number of nitrogens with zero attached hydrogens (tertiary/aromatic N) is 2. The molecule has 108 valence electrons. The molecule has 1 spiro atoms. The number of hydrogen-bond acceptors (Lipinski definition) is 4. The minimum absolute atomic E-state index is 0.113. The minimum atomic E-state index is -0.175. The van der Waals surface area contributed by atoms with E-state index >= 15 is 0 Å². The maximum absolute atomic E-state index is 11.4. The van der Waals surface area contributed by atoms with Crippen molar-refractivity contribution >= 4 is 5.91 Å². The van der Waals surface area contributed by atoms with Gasteiger partial charge in [-0.05, 0) is 18.1 Å². The monoisotopic (exact) mass is 276 g/mol. The first-order valence-electron chi connectivity index (χ1n) is 7.07. The molecule has 2 aliphatic heterocycles. The summed E-state index contributed by atoms with van der Waals surface area (Å²) in [5.74, 6) is 0.130. The molecule has 20 heavy (non-hydrogen) atoms. The lowest BCUT2D eigenvalue weighted by Gasteiger charge is -2.22. The molecule has 2 atom stereocenters. The van der Waals surface area contributed by atoms with Gasteiger partial charge in [0.2, 0.25) is 5.91 Å². The van der Waals surface area contributed by atoms with E-state index in [-0.39, 0.29) is 17.6 Å². The summed E-state index contributed by atoms with van der Waals surface area (Å²) in [6, 6.07) is 3.92. The molecule has 0 aromatic carbocycles. The highest BCUT2D eigenvalue weighted by Gasteiger charge is 2.46. The van der Waals surface area contributed by atoms with Crippen molar-refractivity contribution in [1.29, 1.82) is 0 Å². The van der Waals surface area contributed by atoms with Gasteiger partial charge in [-0.15, -0.1) is 0 Å². The maximum Gasteiger partial charge on any atom is 0.219 e. The summed E-state index contributed by atoms with van der Waals surface area (Å²) >= 11 is 0. The Morgan fingerprint density at radius 3 is 3.25 bits per heavy atom. The average molecular weight is 276 g/mol. The highest BCUT2D eigenvalue weighted by molar-refractivity contribution is 5.73. The Balaban J connectivity index is 1.51. The number of hydrogen-bond donors (Lipinski definition) is 0. The Labute approximate surface area is 118 Å². The van der Waals surface area contributed by atoms with Gasteiger partial charge in [0.15, 0.2) is 0 Å². The summed E-state index contributed by atoms with van der Waals surface area (Å²) in [5.41, 5.74) is 0.899. The molecular weight excluding hydrogens is 256 g/mol. The van der Waals surface area contributed by atoms with Gasteiger partial charge in [0.05, 0.1) is 24.9 Å². The van der Waals surface area contributed by atoms with Crippen LogP contribution in [0.4, 0.5) is 0 Å². The van der Waals surface area contributed by atoms with Crippen molar-refractivity contribution in [1.82, 2.24) is 9.88 Å². The first-order valence-corrected chi connectivity index (χ1v) is 7.07. The van der Waals surface area contributed by atoms with Gasteiger partial charge in [0.1, 0.15) is 0 Å². The zero-order chi connectivity index (χ0) is 14.0. The first kappa shape index (κ1) is 13.5. The van der Waals surface area contributed by atoms with Crippen LogP contribution < -0.4 is 0 Å². The van der Waals surface area contributed by atoms with Gasteiger partial charge in [-0.2, -0.15) is 0 Å². The molecule has 0 aliphatic carbocycles. The van der Waals surface area contributed by atoms with Crippen LogP contribution in [0.1, 0.15) is 25.3 Å². The van der Waals surface area contributed by atoms with E-state index in [1.807, 2.05) is 23.2 Å². The predicted octanol–water partition coefficient (Wildman–Crippen LogP) is 1.38. The third-order valence-electron chi connectivity index (χ3n) is 4.15. The number of aromatic nitrogens is 1. The molecular formula is C15H20N2O3. The molecule has 0 bridgehead atoms. The quantitative estimate of drug-likeness (QED) is 0.837. The molecule has 2 saturated heterocycles. The fourth-order valence-corrected chi connectivity index (χ4v) is 3.00. The van der Waals surface area contributed by atoms with Gasteiger partial charge in [0, 0.05) is 38.8 Å². The van der Waals surface area contributed by atoms with Crippen LogP contribution in [0.5, 0.6) is 0 Å². The van der Waals surface area contributed by atoms with Crippen LogP contribution in [0.2, 0.25) is 0 Å². The molecule has 3 heterocycles. The summed E-state index contributed by atoms with van der Waals surface area (Å²) in [6.45, 7) is 4.30. The molecule has 2 fully saturated rings. The van der Waals surface area contributed by atoms with E-state index in [9.17, 15) is 4.79 Å². The summed E-state index contributed by atoms with van der Waals surface area (Å²) in [5, 5.41) is 0. The van der Waals surface area contributed by atoms with Crippen LogP contribution in [-0.2, 0) is 20.9 Å². The zero-order valence-corrected chi connectivity index (χ0v) is 11.7. The van der Waals surface area contributed by atoms with E-state index in [1.165, 1.54) is 0 Å². The third kappa shape index (κ3) is 2.83. The smallest absolute Gasteiger partial charge is 0.219 e. The molecule has 0 unspecified atom stereocenters. The largest absolute Gasteiger partial charge is 0.371 e. The molecule has 1 aromatic heterocycles. The molecule has 5 nitrogen and oxygen atoms in total. The van der Waals surface area contributed by atoms with E-state index in [0.717, 1.165) is 24.9 Å². The molecule has 0 radical (unpaired) electrons. The van der Waals surface area contributed by atoms with Gasteiger partial charge >= 0.3 is 0 Å². The molecule has 5 heteroatoms. The van der Waals surface area contributed by atoms with Crippen LogP contribution in [0, 0.1) is 0 Å². The highest BCUT2D eigenvalue weighted by atomic mass is 16.6. The number of carbonyl (C=O) groups is 1. The van der Waals surface area contributed by atoms with Gasteiger partial charge in [-0.3, -0.25) is 9.78 Å². The van der Waals surface area contributed by atoms with Crippen LogP contribution >= 0.6 is 0 Å². The summed E-state index contributed by atoms with van der Waals surface area (Å²) in [7, 11) is 0. The third-order valence-corrected chi connectivity index (χ3v) is 4.15. The Kier molecular flexibility index (Phi) is 3.72. The van der Waals surface area contributed by atoms with Crippen molar-refractivity contribution in [2.24, 2.45) is 0 Å². The Morgan fingerprint density at radius 1 is 1.65 bits per heavy atom. The van der Waals surface area contributed by atoms with Crippen molar-refractivity contribution < 1.29 is 14.3 Å². The van der Waals surface area contributed by atoms with E-state index in [0.29, 0.717) is 19.8 Å². The van der Waals surface area contributed by atoms with Crippen molar-refractivity contribution in [2.75, 3.05) is 19.7 Å². The molecule has 0 N–H and O–H groups in total. The topological polar surface area (TPSA) is 51.7 Å². The number of pyridine rings is 1. The Morgan fingerprint density at radius 2 is 2.55 bits per heavy atom. The molecule has 3 rings (SSSR count). The second-order valence-corrected chi connectivity index (χ2v) is 5.68. The van der Waals surface area contributed by atoms with E-state index in [4.69, 9.17) is 9.47 Å². The van der Waals surface area contributed by atoms with Crippen LogP contribution in [0.15, 0.2) is 24.5 Å². The maximum atomic E-state index is 11.4. The lowest BCUT2D eigenvalue weighted by molar-refractivity contribution is -0.128. The molecule has 1 amide bonds. The Hall–Kier alpha value is -1.46. The minimum Gasteiger partial charge on any atom is -0.371 e. The number of amides is 1. The molecule has 0 saturated carbocycles. The molecule has 2 aliphatic rings. The zero-order valence-electron chi connectivity index (χ0n) is 11.7. The van der Waals surface area contributed by atoms with Crippen molar-refractivity contribution in [3.8, 4) is 0 Å². The number of likely N-dealkylation sites (tertiary alicyclic amines) is 1. The lowest BCUT2D eigenvalue weighted by Crippen LogP contribution is -2.35. The number of ether oxygens (including phenoxy) is 2. The van der Waals surface area contributed by atoms with E-state index in [2.05, 4.69) is 4.98 Å². The normalized spacial score (nSPS) is 29.2. The average Bonchev–Trinajstić information content (AvgIpc) is 3.06. The first-order chi connectivity index (χ1) is 9.67. The van der Waals surface area contributed by atoms with E-state index < -0.39 is 0 Å². The van der Waals surface area contributed by atoms with Crippen LogP contribution in [-0.4, -0.2) is 47.2 Å². The van der Waals surface area contributed by atoms with Crippen LogP contribution in [0.25, 0.3) is 0 Å². The van der Waals surface area contributed by atoms with Crippen molar-refractivity contribution in [3.63, 3.8) is 0 Å². The van der Waals surface area contributed by atoms with Gasteiger partial charge in [0.25, 0.3) is 0 Å². The van der Waals surface area contributed by atoms with Crippen molar-refractivity contribution in [3.05, 3.63) is 30.1 Å². The Bertz CT molecular complexity index is 479. The van der Waals surface area contributed by atoms with E-state index in [1.54, 1.807) is 13.1 Å². The fourth-order valence-electron chi connectivity index (χ4n) is 3.00. The van der Waals surface area contributed by atoms with Crippen LogP contribution in [0.3, 0.4) is 0 Å². The number of carbonyl (C=O) groups excluding carboxylic acids is 1. The summed E-state index contributed by atoms with van der Waals surface area (Å²) < 4.78 is 11.9. The number of rotatable bonds is 3. The standard InChI is InChI=1S/C15H20N2O3/c1-12(18)17-6-4-15(11-17)7-14(10-20-15)19-9-13-3-2-5-16-8-13/h2-3,5,8,14H,4,6-7,9-11H2,1H3/t14-,15-/m0/s1. The predicted molar refractivity (Wildman–Crippen MR) is 73.0 cm³/mol. The van der Waals surface area contributed by atoms with Gasteiger partial charge in [-0.25, -0.2) is 0 Å². The van der Waals surface area contributed by atoms with Gasteiger partial charge < -0.3 is 14.4 Å². The van der Waals surface area contributed by atoms with Gasteiger partial charge in [-0.1, -0.05) is 6.07 Å². The highest BCUT2D eigenvalue weighted by Crippen LogP contribution is 2.36. The fraction of sp³-hybridized carbons (Fsp3) is 0.600. The summed E-state index contributed by atoms with van der Waals surface area (Å²) in [4.78, 5) is 17.3. The SMILES string of the molecule is CC(=O)N1CC[C@]2(C[C@H](OCc3cccnc3)CO2)C1. The second-order valence-electron chi connectivity index (χ2n) is 5.68. The van der Waals surface area contributed by atoms with Crippen molar-refractivity contribution in [2.45, 2.75) is 38.1 Å². The summed E-state index contributed by atoms with van der Waals surface area (Å²) in [6.07, 6.45) is 5.48. The second kappa shape index (κ2) is 5.50. The molecule has 1 aromatic rings. The lowest BCUT2D eigenvalue weighted by atomic mass is 9.98.